The summed E-state index contributed by atoms with van der Waals surface area (Å²) in [5.74, 6) is -0.0288. The fraction of sp³-hybridized carbons (Fsp3) is 0.111. The second-order valence-corrected chi connectivity index (χ2v) is 5.23. The van der Waals surface area contributed by atoms with Crippen LogP contribution in [-0.4, -0.2) is 25.9 Å². The molecule has 8 heteroatoms. The van der Waals surface area contributed by atoms with Crippen molar-refractivity contribution in [2.45, 2.75) is 13.5 Å². The molecule has 0 saturated carbocycles. The summed E-state index contributed by atoms with van der Waals surface area (Å²) in [6.45, 7) is 1.28. The molecule has 0 aliphatic rings. The Morgan fingerprint density at radius 2 is 1.65 bits per heavy atom. The highest BCUT2D eigenvalue weighted by atomic mass is 16.5. The summed E-state index contributed by atoms with van der Waals surface area (Å²) in [6.07, 6.45) is 0. The standard InChI is InChI=1S/C18H12N6O2/c1-11(25)26-10-16-17(14-6-2-4-12(8-19)21-14)24-18(23-16)15-7-3-5-13(9-20)22-15/h2-7H,10H2,1H3,(H,23,24). The molecule has 0 bridgehead atoms. The van der Waals surface area contributed by atoms with Gasteiger partial charge in [-0.1, -0.05) is 12.1 Å². The van der Waals surface area contributed by atoms with Crippen molar-refractivity contribution in [2.75, 3.05) is 0 Å². The molecule has 126 valence electrons. The average Bonchev–Trinajstić information content (AvgIpc) is 3.11. The third-order valence-corrected chi connectivity index (χ3v) is 3.41. The smallest absolute Gasteiger partial charge is 0.303 e. The van der Waals surface area contributed by atoms with Gasteiger partial charge < -0.3 is 9.72 Å². The first-order valence-corrected chi connectivity index (χ1v) is 7.58. The number of pyridine rings is 2. The number of hydrogen-bond donors (Lipinski definition) is 1. The lowest BCUT2D eigenvalue weighted by Crippen LogP contribution is -2.01. The largest absolute Gasteiger partial charge is 0.459 e. The number of ether oxygens (including phenoxy) is 1. The number of H-pyrrole nitrogens is 1. The van der Waals surface area contributed by atoms with Crippen molar-refractivity contribution in [3.63, 3.8) is 0 Å². The van der Waals surface area contributed by atoms with Gasteiger partial charge >= 0.3 is 5.97 Å². The molecule has 26 heavy (non-hydrogen) atoms. The van der Waals surface area contributed by atoms with E-state index in [0.29, 0.717) is 28.6 Å². The number of imidazole rings is 1. The zero-order chi connectivity index (χ0) is 18.5. The Morgan fingerprint density at radius 1 is 1.04 bits per heavy atom. The van der Waals surface area contributed by atoms with Crippen molar-refractivity contribution in [3.8, 4) is 35.0 Å². The lowest BCUT2D eigenvalue weighted by molar-refractivity contribution is -0.142. The van der Waals surface area contributed by atoms with E-state index in [2.05, 4.69) is 19.9 Å². The SMILES string of the molecule is CC(=O)OCc1[nH]c(-c2cccc(C#N)n2)nc1-c1cccc(C#N)n1. The van der Waals surface area contributed by atoms with E-state index < -0.39 is 5.97 Å². The normalized spacial score (nSPS) is 9.96. The van der Waals surface area contributed by atoms with Crippen molar-refractivity contribution in [3.05, 3.63) is 53.5 Å². The molecule has 0 amide bonds. The van der Waals surface area contributed by atoms with Gasteiger partial charge in [-0.2, -0.15) is 10.5 Å². The van der Waals surface area contributed by atoms with Gasteiger partial charge in [0, 0.05) is 6.92 Å². The molecule has 0 fully saturated rings. The number of carbonyl (C=O) groups is 1. The van der Waals surface area contributed by atoms with Gasteiger partial charge in [0.25, 0.3) is 0 Å². The molecular weight excluding hydrogens is 332 g/mol. The number of nitrogens with one attached hydrogen (secondary N) is 1. The number of hydrogen-bond acceptors (Lipinski definition) is 7. The minimum atomic E-state index is -0.435. The lowest BCUT2D eigenvalue weighted by Gasteiger charge is -2.03. The maximum absolute atomic E-state index is 11.2. The molecule has 3 rings (SSSR count). The number of esters is 1. The zero-order valence-electron chi connectivity index (χ0n) is 13.7. The van der Waals surface area contributed by atoms with Gasteiger partial charge in [-0.25, -0.2) is 15.0 Å². The summed E-state index contributed by atoms with van der Waals surface area (Å²) in [4.78, 5) is 27.1. The van der Waals surface area contributed by atoms with Crippen molar-refractivity contribution in [1.82, 2.24) is 19.9 Å². The van der Waals surface area contributed by atoms with Crippen molar-refractivity contribution in [1.29, 1.82) is 10.5 Å². The highest BCUT2D eigenvalue weighted by molar-refractivity contribution is 5.67. The van der Waals surface area contributed by atoms with Crippen molar-refractivity contribution in [2.24, 2.45) is 0 Å². The highest BCUT2D eigenvalue weighted by Crippen LogP contribution is 2.25. The van der Waals surface area contributed by atoms with E-state index in [0.717, 1.165) is 0 Å². The summed E-state index contributed by atoms with van der Waals surface area (Å²) >= 11 is 0. The molecule has 8 nitrogen and oxygen atoms in total. The topological polar surface area (TPSA) is 128 Å². The molecule has 0 aliphatic carbocycles. The lowest BCUT2D eigenvalue weighted by atomic mass is 10.2. The van der Waals surface area contributed by atoms with Crippen molar-refractivity contribution < 1.29 is 9.53 Å². The van der Waals surface area contributed by atoms with Crippen LogP contribution in [0.5, 0.6) is 0 Å². The summed E-state index contributed by atoms with van der Waals surface area (Å²) < 4.78 is 5.07. The van der Waals surface area contributed by atoms with Crippen LogP contribution in [0.4, 0.5) is 0 Å². The molecule has 3 heterocycles. The Balaban J connectivity index is 2.09. The zero-order valence-corrected chi connectivity index (χ0v) is 13.7. The molecule has 0 unspecified atom stereocenters. The minimum absolute atomic E-state index is 0.0337. The van der Waals surface area contributed by atoms with E-state index in [-0.39, 0.29) is 18.0 Å². The number of rotatable bonds is 4. The Labute approximate surface area is 148 Å². The van der Waals surface area contributed by atoms with Crippen LogP contribution in [0.1, 0.15) is 24.0 Å². The van der Waals surface area contributed by atoms with Crippen LogP contribution in [0.2, 0.25) is 0 Å². The van der Waals surface area contributed by atoms with Crippen LogP contribution in [0.15, 0.2) is 36.4 Å². The van der Waals surface area contributed by atoms with Gasteiger partial charge in [0.2, 0.25) is 0 Å². The van der Waals surface area contributed by atoms with E-state index in [1.165, 1.54) is 6.92 Å². The number of nitrogens with zero attached hydrogens (tertiary/aromatic N) is 5. The first kappa shape index (κ1) is 16.8. The van der Waals surface area contributed by atoms with E-state index in [9.17, 15) is 4.79 Å². The monoisotopic (exact) mass is 344 g/mol. The van der Waals surface area contributed by atoms with Gasteiger partial charge in [0.05, 0.1) is 11.4 Å². The van der Waals surface area contributed by atoms with E-state index >= 15 is 0 Å². The Bertz CT molecular complexity index is 1060. The molecule has 3 aromatic heterocycles. The minimum Gasteiger partial charge on any atom is -0.459 e. The van der Waals surface area contributed by atoms with E-state index in [4.69, 9.17) is 15.3 Å². The van der Waals surface area contributed by atoms with Crippen LogP contribution >= 0.6 is 0 Å². The first-order valence-electron chi connectivity index (χ1n) is 7.58. The maximum Gasteiger partial charge on any atom is 0.303 e. The average molecular weight is 344 g/mol. The summed E-state index contributed by atoms with van der Waals surface area (Å²) in [7, 11) is 0. The third-order valence-electron chi connectivity index (χ3n) is 3.41. The van der Waals surface area contributed by atoms with Crippen molar-refractivity contribution >= 4 is 5.97 Å². The van der Waals surface area contributed by atoms with Crippen LogP contribution in [0.3, 0.4) is 0 Å². The molecular formula is C18H12N6O2. The summed E-state index contributed by atoms with van der Waals surface area (Å²) in [5.41, 5.74) is 2.40. The van der Waals surface area contributed by atoms with Crippen LogP contribution in [0, 0.1) is 22.7 Å². The van der Waals surface area contributed by atoms with E-state index in [1.54, 1.807) is 36.4 Å². The third kappa shape index (κ3) is 3.55. The van der Waals surface area contributed by atoms with Gasteiger partial charge in [-0.3, -0.25) is 4.79 Å². The highest BCUT2D eigenvalue weighted by Gasteiger charge is 2.17. The maximum atomic E-state index is 11.2. The summed E-state index contributed by atoms with van der Waals surface area (Å²) in [6, 6.07) is 13.9. The van der Waals surface area contributed by atoms with Gasteiger partial charge in [0.1, 0.15) is 41.5 Å². The van der Waals surface area contributed by atoms with Crippen LogP contribution < -0.4 is 0 Å². The van der Waals surface area contributed by atoms with E-state index in [1.807, 2.05) is 12.1 Å². The molecule has 1 N–H and O–H groups in total. The fourth-order valence-corrected chi connectivity index (χ4v) is 2.28. The number of aromatic amines is 1. The molecule has 0 saturated heterocycles. The quantitative estimate of drug-likeness (QED) is 0.719. The Hall–Kier alpha value is -4.04. The second-order valence-electron chi connectivity index (χ2n) is 5.23. The van der Waals surface area contributed by atoms with Crippen LogP contribution in [0.25, 0.3) is 22.9 Å². The number of carbonyl (C=O) groups excluding carboxylic acids is 1. The number of nitriles is 2. The second kappa shape index (κ2) is 7.24. The molecule has 0 aromatic carbocycles. The number of aromatic nitrogens is 4. The van der Waals surface area contributed by atoms with Crippen LogP contribution in [-0.2, 0) is 16.1 Å². The van der Waals surface area contributed by atoms with Gasteiger partial charge in [-0.05, 0) is 24.3 Å². The molecule has 3 aromatic rings. The predicted molar refractivity (Wildman–Crippen MR) is 89.9 cm³/mol. The molecule has 0 atom stereocenters. The van der Waals surface area contributed by atoms with Gasteiger partial charge in [-0.15, -0.1) is 0 Å². The van der Waals surface area contributed by atoms with Gasteiger partial charge in [0.15, 0.2) is 5.82 Å². The Kier molecular flexibility index (Phi) is 4.68. The molecule has 0 radical (unpaired) electrons. The Morgan fingerprint density at radius 3 is 2.27 bits per heavy atom. The summed E-state index contributed by atoms with van der Waals surface area (Å²) in [5, 5.41) is 18.1. The molecule has 0 aliphatic heterocycles. The first-order chi connectivity index (χ1) is 12.6. The predicted octanol–water partition coefficient (Wildman–Crippen LogP) is 2.34. The fourth-order valence-electron chi connectivity index (χ4n) is 2.28. The molecule has 0 spiro atoms.